The first-order valence-electron chi connectivity index (χ1n) is 7.88. The number of aromatic nitrogens is 2. The second-order valence-corrected chi connectivity index (χ2v) is 8.20. The average molecular weight is 347 g/mol. The zero-order valence-electron chi connectivity index (χ0n) is 13.9. The third-order valence-electron chi connectivity index (χ3n) is 4.08. The van der Waals surface area contributed by atoms with Crippen LogP contribution in [-0.4, -0.2) is 44.8 Å². The van der Waals surface area contributed by atoms with Gasteiger partial charge in [-0.3, -0.25) is 0 Å². The Hall–Kier alpha value is -2.15. The van der Waals surface area contributed by atoms with Crippen molar-refractivity contribution >= 4 is 15.7 Å². The molecule has 0 amide bonds. The van der Waals surface area contributed by atoms with Crippen LogP contribution in [0.5, 0.6) is 5.75 Å². The molecule has 6 nitrogen and oxygen atoms in total. The molecule has 2 heterocycles. The molecule has 7 heteroatoms. The van der Waals surface area contributed by atoms with Crippen LogP contribution in [0.4, 0.5) is 5.82 Å². The molecular formula is C17H21N3O3S. The van der Waals surface area contributed by atoms with Crippen LogP contribution in [0.3, 0.4) is 0 Å². The first kappa shape index (κ1) is 16.7. The van der Waals surface area contributed by atoms with Crippen LogP contribution >= 0.6 is 0 Å². The van der Waals surface area contributed by atoms with Crippen LogP contribution in [-0.2, 0) is 15.6 Å². The fourth-order valence-corrected chi connectivity index (χ4v) is 3.83. The number of sulfone groups is 1. The highest BCUT2D eigenvalue weighted by Crippen LogP contribution is 2.36. The number of anilines is 1. The molecule has 1 fully saturated rings. The summed E-state index contributed by atoms with van der Waals surface area (Å²) in [6.45, 7) is 1.97. The Bertz CT molecular complexity index is 831. The molecular weight excluding hydrogens is 326 g/mol. The standard InChI is InChI=1S/C17H21N3O3S/c1-23-16-9-13(11-24(2,21)22)5-6-14(16)15-10-18-12-19-17(15)20-7-3-4-8-20/h5-6,9-10,12H,3-4,7-8,11H2,1-2H3. The molecule has 2 aromatic rings. The number of hydrogen-bond acceptors (Lipinski definition) is 6. The summed E-state index contributed by atoms with van der Waals surface area (Å²) in [5, 5.41) is 0. The van der Waals surface area contributed by atoms with Crippen LogP contribution in [0.1, 0.15) is 18.4 Å². The third kappa shape index (κ3) is 3.67. The van der Waals surface area contributed by atoms with E-state index in [1.54, 1.807) is 25.7 Å². The molecule has 0 aliphatic carbocycles. The SMILES string of the molecule is COc1cc(CS(C)(=O)=O)ccc1-c1cncnc1N1CCCC1. The van der Waals surface area contributed by atoms with Crippen LogP contribution in [0.15, 0.2) is 30.7 Å². The summed E-state index contributed by atoms with van der Waals surface area (Å²) in [6.07, 6.45) is 6.89. The van der Waals surface area contributed by atoms with E-state index in [0.717, 1.165) is 42.9 Å². The van der Waals surface area contributed by atoms with Gasteiger partial charge in [0.25, 0.3) is 0 Å². The number of rotatable bonds is 5. The van der Waals surface area contributed by atoms with Gasteiger partial charge in [0.2, 0.25) is 0 Å². The highest BCUT2D eigenvalue weighted by molar-refractivity contribution is 7.89. The van der Waals surface area contributed by atoms with E-state index in [4.69, 9.17) is 4.74 Å². The van der Waals surface area contributed by atoms with E-state index in [1.807, 2.05) is 12.1 Å². The molecule has 0 N–H and O–H groups in total. The van der Waals surface area contributed by atoms with Gasteiger partial charge in [0.05, 0.1) is 12.9 Å². The van der Waals surface area contributed by atoms with Crippen LogP contribution < -0.4 is 9.64 Å². The van der Waals surface area contributed by atoms with Crippen LogP contribution in [0.25, 0.3) is 11.1 Å². The quantitative estimate of drug-likeness (QED) is 0.826. The number of hydrogen-bond donors (Lipinski definition) is 0. The lowest BCUT2D eigenvalue weighted by molar-refractivity contribution is 0.416. The van der Waals surface area contributed by atoms with Crippen molar-refractivity contribution in [1.82, 2.24) is 9.97 Å². The summed E-state index contributed by atoms with van der Waals surface area (Å²) in [4.78, 5) is 10.9. The van der Waals surface area contributed by atoms with Gasteiger partial charge in [-0.15, -0.1) is 0 Å². The molecule has 0 unspecified atom stereocenters. The minimum absolute atomic E-state index is 0.00604. The lowest BCUT2D eigenvalue weighted by Crippen LogP contribution is -2.20. The summed E-state index contributed by atoms with van der Waals surface area (Å²) in [5.74, 6) is 1.52. The van der Waals surface area contributed by atoms with E-state index in [2.05, 4.69) is 14.9 Å². The van der Waals surface area contributed by atoms with Gasteiger partial charge in [-0.1, -0.05) is 12.1 Å². The van der Waals surface area contributed by atoms with Crippen molar-refractivity contribution in [3.8, 4) is 16.9 Å². The fraction of sp³-hybridized carbons (Fsp3) is 0.412. The van der Waals surface area contributed by atoms with Crippen molar-refractivity contribution in [2.75, 3.05) is 31.4 Å². The van der Waals surface area contributed by atoms with Gasteiger partial charge in [0, 0.05) is 36.7 Å². The fourth-order valence-electron chi connectivity index (χ4n) is 3.04. The largest absolute Gasteiger partial charge is 0.496 e. The number of ether oxygens (including phenoxy) is 1. The minimum Gasteiger partial charge on any atom is -0.496 e. The summed E-state index contributed by atoms with van der Waals surface area (Å²) < 4.78 is 28.5. The smallest absolute Gasteiger partial charge is 0.151 e. The van der Waals surface area contributed by atoms with Gasteiger partial charge in [-0.05, 0) is 24.5 Å². The number of methoxy groups -OCH3 is 1. The highest BCUT2D eigenvalue weighted by atomic mass is 32.2. The maximum atomic E-state index is 11.5. The van der Waals surface area contributed by atoms with E-state index in [9.17, 15) is 8.42 Å². The molecule has 0 atom stereocenters. The van der Waals surface area contributed by atoms with Crippen molar-refractivity contribution in [1.29, 1.82) is 0 Å². The number of benzene rings is 1. The van der Waals surface area contributed by atoms with Gasteiger partial charge in [0.15, 0.2) is 9.84 Å². The van der Waals surface area contributed by atoms with Crippen LogP contribution in [0, 0.1) is 0 Å². The van der Waals surface area contributed by atoms with E-state index in [-0.39, 0.29) is 5.75 Å². The molecule has 0 radical (unpaired) electrons. The van der Waals surface area contributed by atoms with E-state index in [1.165, 1.54) is 6.26 Å². The Morgan fingerprint density at radius 2 is 1.96 bits per heavy atom. The molecule has 1 saturated heterocycles. The van der Waals surface area contributed by atoms with E-state index < -0.39 is 9.84 Å². The zero-order chi connectivity index (χ0) is 17.2. The van der Waals surface area contributed by atoms with Gasteiger partial charge in [0.1, 0.15) is 17.9 Å². The molecule has 0 bridgehead atoms. The van der Waals surface area contributed by atoms with Crippen molar-refractivity contribution in [2.24, 2.45) is 0 Å². The lowest BCUT2D eigenvalue weighted by atomic mass is 10.0. The Labute approximate surface area is 142 Å². The zero-order valence-corrected chi connectivity index (χ0v) is 14.7. The van der Waals surface area contributed by atoms with E-state index >= 15 is 0 Å². The van der Waals surface area contributed by atoms with Gasteiger partial charge in [-0.2, -0.15) is 0 Å². The summed E-state index contributed by atoms with van der Waals surface area (Å²) in [5.41, 5.74) is 2.48. The molecule has 0 saturated carbocycles. The first-order chi connectivity index (χ1) is 11.5. The average Bonchev–Trinajstić information content (AvgIpc) is 3.07. The molecule has 1 aliphatic rings. The monoisotopic (exact) mass is 347 g/mol. The maximum absolute atomic E-state index is 11.5. The minimum atomic E-state index is -3.09. The Balaban J connectivity index is 2.03. The second-order valence-electron chi connectivity index (χ2n) is 6.06. The van der Waals surface area contributed by atoms with Gasteiger partial charge < -0.3 is 9.64 Å². The molecule has 0 spiro atoms. The predicted octanol–water partition coefficient (Wildman–Crippen LogP) is 2.30. The molecule has 1 aromatic heterocycles. The maximum Gasteiger partial charge on any atom is 0.151 e. The molecule has 128 valence electrons. The highest BCUT2D eigenvalue weighted by Gasteiger charge is 2.20. The Morgan fingerprint density at radius 3 is 2.62 bits per heavy atom. The van der Waals surface area contributed by atoms with Crippen molar-refractivity contribution in [3.05, 3.63) is 36.3 Å². The Kier molecular flexibility index (Phi) is 4.71. The molecule has 1 aromatic carbocycles. The topological polar surface area (TPSA) is 72.4 Å². The third-order valence-corrected chi connectivity index (χ3v) is 4.94. The van der Waals surface area contributed by atoms with E-state index in [0.29, 0.717) is 11.3 Å². The first-order valence-corrected chi connectivity index (χ1v) is 9.94. The summed E-state index contributed by atoms with van der Waals surface area (Å²) in [7, 11) is -1.50. The summed E-state index contributed by atoms with van der Waals surface area (Å²) >= 11 is 0. The summed E-state index contributed by atoms with van der Waals surface area (Å²) in [6, 6.07) is 5.48. The molecule has 24 heavy (non-hydrogen) atoms. The second kappa shape index (κ2) is 6.76. The van der Waals surface area contributed by atoms with Crippen LogP contribution in [0.2, 0.25) is 0 Å². The van der Waals surface area contributed by atoms with Gasteiger partial charge in [-0.25, -0.2) is 18.4 Å². The molecule has 1 aliphatic heterocycles. The van der Waals surface area contributed by atoms with Crippen molar-refractivity contribution in [3.63, 3.8) is 0 Å². The normalized spacial score (nSPS) is 14.8. The Morgan fingerprint density at radius 1 is 1.21 bits per heavy atom. The lowest BCUT2D eigenvalue weighted by Gasteiger charge is -2.20. The molecule has 3 rings (SSSR count). The van der Waals surface area contributed by atoms with Crippen molar-refractivity contribution < 1.29 is 13.2 Å². The van der Waals surface area contributed by atoms with Crippen molar-refractivity contribution in [2.45, 2.75) is 18.6 Å². The predicted molar refractivity (Wildman–Crippen MR) is 94.0 cm³/mol. The number of nitrogens with zero attached hydrogens (tertiary/aromatic N) is 3. The van der Waals surface area contributed by atoms with Gasteiger partial charge >= 0.3 is 0 Å².